The Labute approximate surface area is 123 Å². The summed E-state index contributed by atoms with van der Waals surface area (Å²) >= 11 is 0. The average Bonchev–Trinajstić information content (AvgIpc) is 2.91. The van der Waals surface area contributed by atoms with Crippen molar-refractivity contribution < 1.29 is 1.43 Å². The van der Waals surface area contributed by atoms with E-state index in [1.54, 1.807) is 0 Å². The number of hydrogen-bond acceptors (Lipinski definition) is 1. The lowest BCUT2D eigenvalue weighted by molar-refractivity contribution is 1.17. The first-order valence-electron chi connectivity index (χ1n) is 7.35. The molecule has 0 unspecified atom stereocenters. The van der Waals surface area contributed by atoms with Crippen LogP contribution < -0.4 is 0 Å². The molecule has 0 saturated carbocycles. The summed E-state index contributed by atoms with van der Waals surface area (Å²) < 4.78 is 0. The Morgan fingerprint density at radius 3 is 2.15 bits per heavy atom. The van der Waals surface area contributed by atoms with Crippen molar-refractivity contribution in [3.05, 3.63) is 54.4 Å². The van der Waals surface area contributed by atoms with E-state index in [1.807, 2.05) is 40.7 Å². The third-order valence-electron chi connectivity index (χ3n) is 2.71. The van der Waals surface area contributed by atoms with Crippen LogP contribution in [0.4, 0.5) is 0 Å². The van der Waals surface area contributed by atoms with Crippen LogP contribution in [0.2, 0.25) is 0 Å². The van der Waals surface area contributed by atoms with Crippen molar-refractivity contribution in [1.29, 1.82) is 0 Å². The molecule has 0 saturated heterocycles. The van der Waals surface area contributed by atoms with Gasteiger partial charge in [-0.2, -0.15) is 0 Å². The second kappa shape index (κ2) is 8.16. The Kier molecular flexibility index (Phi) is 6.51. The van der Waals surface area contributed by atoms with Crippen LogP contribution in [0.5, 0.6) is 0 Å². The number of rotatable bonds is 1. The fourth-order valence-electron chi connectivity index (χ4n) is 1.95. The number of fused-ring (bicyclic) bond motifs is 1. The largest absolute Gasteiger partial charge is 0.342 e. The van der Waals surface area contributed by atoms with E-state index in [1.165, 1.54) is 11.1 Å². The van der Waals surface area contributed by atoms with Gasteiger partial charge in [0.05, 0.1) is 11.0 Å². The van der Waals surface area contributed by atoms with E-state index in [-0.39, 0.29) is 1.43 Å². The molecular weight excluding hydrogens is 244 g/mol. The van der Waals surface area contributed by atoms with Gasteiger partial charge in [-0.25, -0.2) is 4.98 Å². The van der Waals surface area contributed by atoms with Crippen molar-refractivity contribution in [2.24, 2.45) is 0 Å². The van der Waals surface area contributed by atoms with Crippen LogP contribution in [0.3, 0.4) is 0 Å². The summed E-state index contributed by atoms with van der Waals surface area (Å²) in [5, 5.41) is 0. The summed E-state index contributed by atoms with van der Waals surface area (Å²) in [6.07, 6.45) is 0. The molecule has 3 aromatic rings. The minimum atomic E-state index is 0. The van der Waals surface area contributed by atoms with Crippen LogP contribution in [-0.4, -0.2) is 9.97 Å². The molecule has 0 radical (unpaired) electrons. The van der Waals surface area contributed by atoms with Crippen LogP contribution in [0.1, 0.15) is 34.9 Å². The van der Waals surface area contributed by atoms with Gasteiger partial charge in [-0.05, 0) is 30.2 Å². The number of imidazole rings is 1. The summed E-state index contributed by atoms with van der Waals surface area (Å²) in [5.41, 5.74) is 4.57. The maximum Gasteiger partial charge on any atom is 0.104 e. The van der Waals surface area contributed by atoms with Crippen molar-refractivity contribution >= 4 is 11.0 Å². The minimum absolute atomic E-state index is 0. The molecule has 0 bridgehead atoms. The zero-order valence-corrected chi connectivity index (χ0v) is 13.1. The summed E-state index contributed by atoms with van der Waals surface area (Å²) in [5.74, 6) is 0.959. The number of hydrogen-bond donors (Lipinski definition) is 1. The molecule has 0 spiro atoms. The van der Waals surface area contributed by atoms with Crippen LogP contribution in [0, 0.1) is 6.92 Å². The summed E-state index contributed by atoms with van der Waals surface area (Å²) in [4.78, 5) is 7.65. The average molecular weight is 270 g/mol. The molecule has 2 nitrogen and oxygen atoms in total. The third kappa shape index (κ3) is 3.70. The predicted octanol–water partition coefficient (Wildman–Crippen LogP) is 5.84. The molecule has 0 amide bonds. The molecule has 20 heavy (non-hydrogen) atoms. The van der Waals surface area contributed by atoms with E-state index in [9.17, 15) is 0 Å². The lowest BCUT2D eigenvalue weighted by Crippen LogP contribution is -1.77. The van der Waals surface area contributed by atoms with Crippen molar-refractivity contribution in [2.75, 3.05) is 0 Å². The quantitative estimate of drug-likeness (QED) is 0.591. The zero-order valence-electron chi connectivity index (χ0n) is 13.1. The standard InChI is InChI=1S/C14H12N2.2C2H6.H2/c1-10-15-13-8-7-12(9-14(13)16-10)11-5-3-2-4-6-11;2*1-2;/h2-9H,1H3,(H,15,16);2*1-2H3;1H. The zero-order chi connectivity index (χ0) is 15.0. The normalized spacial score (nSPS) is 9.25. The van der Waals surface area contributed by atoms with E-state index in [4.69, 9.17) is 0 Å². The molecule has 0 aliphatic heterocycles. The van der Waals surface area contributed by atoms with E-state index >= 15 is 0 Å². The fourth-order valence-corrected chi connectivity index (χ4v) is 1.95. The SMILES string of the molecule is CC.CC.Cc1nc2ccc(-c3ccccc3)cc2[nH]1.[HH]. The first kappa shape index (κ1) is 16.0. The lowest BCUT2D eigenvalue weighted by atomic mass is 10.1. The summed E-state index contributed by atoms with van der Waals surface area (Å²) in [6, 6.07) is 16.7. The molecule has 2 aromatic carbocycles. The fraction of sp³-hybridized carbons (Fsp3) is 0.278. The van der Waals surface area contributed by atoms with Gasteiger partial charge < -0.3 is 4.98 Å². The third-order valence-corrected chi connectivity index (χ3v) is 2.71. The number of H-pyrrole nitrogens is 1. The Hall–Kier alpha value is -2.09. The van der Waals surface area contributed by atoms with Gasteiger partial charge in [0.1, 0.15) is 5.82 Å². The van der Waals surface area contributed by atoms with Gasteiger partial charge in [-0.15, -0.1) is 0 Å². The van der Waals surface area contributed by atoms with Crippen molar-refractivity contribution in [2.45, 2.75) is 34.6 Å². The highest BCUT2D eigenvalue weighted by atomic mass is 14.9. The Morgan fingerprint density at radius 2 is 1.50 bits per heavy atom. The number of nitrogens with zero attached hydrogens (tertiary/aromatic N) is 1. The highest BCUT2D eigenvalue weighted by molar-refractivity contribution is 5.81. The topological polar surface area (TPSA) is 28.7 Å². The maximum atomic E-state index is 4.39. The molecule has 1 N–H and O–H groups in total. The number of benzene rings is 2. The van der Waals surface area contributed by atoms with Gasteiger partial charge in [-0.3, -0.25) is 0 Å². The summed E-state index contributed by atoms with van der Waals surface area (Å²) in [7, 11) is 0. The first-order chi connectivity index (χ1) is 9.83. The Balaban J connectivity index is 0.000000741. The van der Waals surface area contributed by atoms with E-state index in [2.05, 4.69) is 52.4 Å². The van der Waals surface area contributed by atoms with Gasteiger partial charge >= 0.3 is 0 Å². The van der Waals surface area contributed by atoms with Gasteiger partial charge in [0.2, 0.25) is 0 Å². The van der Waals surface area contributed by atoms with Crippen LogP contribution >= 0.6 is 0 Å². The monoisotopic (exact) mass is 270 g/mol. The van der Waals surface area contributed by atoms with Gasteiger partial charge in [0.15, 0.2) is 0 Å². The smallest absolute Gasteiger partial charge is 0.104 e. The lowest BCUT2D eigenvalue weighted by Gasteiger charge is -2.00. The van der Waals surface area contributed by atoms with Crippen LogP contribution in [0.25, 0.3) is 22.2 Å². The molecule has 2 heteroatoms. The first-order valence-corrected chi connectivity index (χ1v) is 7.35. The molecule has 0 aliphatic carbocycles. The van der Waals surface area contributed by atoms with Crippen LogP contribution in [-0.2, 0) is 0 Å². The molecule has 0 aliphatic rings. The van der Waals surface area contributed by atoms with Crippen LogP contribution in [0.15, 0.2) is 48.5 Å². The van der Waals surface area contributed by atoms with Gasteiger partial charge in [0, 0.05) is 1.43 Å². The molecule has 0 fully saturated rings. The predicted molar refractivity (Wildman–Crippen MR) is 91.1 cm³/mol. The van der Waals surface area contributed by atoms with Crippen molar-refractivity contribution in [3.63, 3.8) is 0 Å². The van der Waals surface area contributed by atoms with Gasteiger partial charge in [-0.1, -0.05) is 64.1 Å². The number of aryl methyl sites for hydroxylation is 1. The number of nitrogens with one attached hydrogen (secondary N) is 1. The van der Waals surface area contributed by atoms with E-state index in [0.29, 0.717) is 0 Å². The minimum Gasteiger partial charge on any atom is -0.342 e. The number of aromatic amines is 1. The number of aromatic nitrogens is 2. The van der Waals surface area contributed by atoms with Crippen molar-refractivity contribution in [3.8, 4) is 11.1 Å². The maximum absolute atomic E-state index is 4.39. The molecule has 0 atom stereocenters. The molecular formula is C18H26N2. The summed E-state index contributed by atoms with van der Waals surface area (Å²) in [6.45, 7) is 9.97. The Morgan fingerprint density at radius 1 is 0.850 bits per heavy atom. The van der Waals surface area contributed by atoms with E-state index in [0.717, 1.165) is 16.9 Å². The highest BCUT2D eigenvalue weighted by Gasteiger charge is 2.01. The molecule has 1 heterocycles. The molecule has 3 rings (SSSR count). The van der Waals surface area contributed by atoms with E-state index < -0.39 is 0 Å². The Bertz CT molecular complexity index is 630. The van der Waals surface area contributed by atoms with Crippen molar-refractivity contribution in [1.82, 2.24) is 9.97 Å². The highest BCUT2D eigenvalue weighted by Crippen LogP contribution is 2.22. The second-order valence-corrected chi connectivity index (χ2v) is 3.92. The molecule has 1 aromatic heterocycles. The molecule has 108 valence electrons. The van der Waals surface area contributed by atoms with Gasteiger partial charge in [0.25, 0.3) is 0 Å². The second-order valence-electron chi connectivity index (χ2n) is 3.92.